The molecule has 0 radical (unpaired) electrons. The first kappa shape index (κ1) is 16.1. The molecular formula is C19H24N4O2. The van der Waals surface area contributed by atoms with Gasteiger partial charge in [0.25, 0.3) is 0 Å². The first-order chi connectivity index (χ1) is 12.1. The zero-order chi connectivity index (χ0) is 17.4. The zero-order valence-corrected chi connectivity index (χ0v) is 14.9. The Kier molecular flexibility index (Phi) is 4.19. The minimum absolute atomic E-state index is 0.00778. The van der Waals surface area contributed by atoms with Crippen molar-refractivity contribution in [2.45, 2.75) is 45.7 Å². The normalized spacial score (nSPS) is 19.8. The number of amides is 1. The maximum atomic E-state index is 13.1. The molecule has 3 heterocycles. The Bertz CT molecular complexity index is 799. The minimum Gasteiger partial charge on any atom is -0.497 e. The van der Waals surface area contributed by atoms with E-state index in [0.717, 1.165) is 49.6 Å². The second-order valence-electron chi connectivity index (χ2n) is 6.99. The van der Waals surface area contributed by atoms with Crippen molar-refractivity contribution in [3.05, 3.63) is 41.0 Å². The largest absolute Gasteiger partial charge is 0.497 e. The maximum Gasteiger partial charge on any atom is 0.227 e. The molecule has 0 saturated heterocycles. The number of ether oxygens (including phenoxy) is 1. The summed E-state index contributed by atoms with van der Waals surface area (Å²) in [6.45, 7) is 4.07. The lowest BCUT2D eigenvalue weighted by Crippen LogP contribution is -2.39. The molecule has 2 aromatic rings. The molecule has 0 bridgehead atoms. The van der Waals surface area contributed by atoms with Crippen molar-refractivity contribution in [3.63, 3.8) is 0 Å². The molecule has 6 nitrogen and oxygen atoms in total. The third-order valence-electron chi connectivity index (χ3n) is 5.27. The summed E-state index contributed by atoms with van der Waals surface area (Å²) in [5, 5.41) is 4.42. The van der Waals surface area contributed by atoms with E-state index in [-0.39, 0.29) is 11.8 Å². The van der Waals surface area contributed by atoms with Gasteiger partial charge in [0.1, 0.15) is 17.4 Å². The molecule has 6 heteroatoms. The SMILES string of the molecule is COc1ccc2c(c1)CCCN(C(=O)[C@H]1CCc3nc(C)nn3C1)C2. The third-order valence-corrected chi connectivity index (χ3v) is 5.27. The first-order valence-electron chi connectivity index (χ1n) is 8.99. The lowest BCUT2D eigenvalue weighted by molar-refractivity contribution is -0.137. The predicted molar refractivity (Wildman–Crippen MR) is 93.3 cm³/mol. The predicted octanol–water partition coefficient (Wildman–Crippen LogP) is 2.13. The monoisotopic (exact) mass is 340 g/mol. The van der Waals surface area contributed by atoms with Gasteiger partial charge in [0.05, 0.1) is 19.6 Å². The second-order valence-corrected chi connectivity index (χ2v) is 6.99. The van der Waals surface area contributed by atoms with Crippen molar-refractivity contribution in [2.75, 3.05) is 13.7 Å². The molecule has 132 valence electrons. The van der Waals surface area contributed by atoms with Crippen LogP contribution in [-0.4, -0.2) is 39.2 Å². The van der Waals surface area contributed by atoms with Gasteiger partial charge in [-0.3, -0.25) is 4.79 Å². The van der Waals surface area contributed by atoms with E-state index in [1.54, 1.807) is 7.11 Å². The van der Waals surface area contributed by atoms with E-state index >= 15 is 0 Å². The van der Waals surface area contributed by atoms with E-state index in [2.05, 4.69) is 22.2 Å². The standard InChI is InChI=1S/C19H24N4O2/c1-13-20-18-8-6-16(12-23(18)21-13)19(24)22-9-3-4-14-10-17(25-2)7-5-15(14)11-22/h5,7,10,16H,3-4,6,8-9,11-12H2,1-2H3/t16-/m0/s1. The molecule has 4 rings (SSSR count). The average Bonchev–Trinajstić information content (AvgIpc) is 2.86. The van der Waals surface area contributed by atoms with Crippen LogP contribution in [0.4, 0.5) is 0 Å². The fraction of sp³-hybridized carbons (Fsp3) is 0.526. The Hall–Kier alpha value is -2.37. The summed E-state index contributed by atoms with van der Waals surface area (Å²) < 4.78 is 7.24. The molecule has 1 aromatic heterocycles. The van der Waals surface area contributed by atoms with Crippen molar-refractivity contribution in [1.82, 2.24) is 19.7 Å². The fourth-order valence-corrected chi connectivity index (χ4v) is 3.94. The summed E-state index contributed by atoms with van der Waals surface area (Å²) in [7, 11) is 1.69. The molecule has 25 heavy (non-hydrogen) atoms. The Morgan fingerprint density at radius 1 is 1.28 bits per heavy atom. The van der Waals surface area contributed by atoms with Crippen LogP contribution in [0.5, 0.6) is 5.75 Å². The molecule has 0 aliphatic carbocycles. The van der Waals surface area contributed by atoms with Crippen molar-refractivity contribution >= 4 is 5.91 Å². The second kappa shape index (κ2) is 6.50. The van der Waals surface area contributed by atoms with Gasteiger partial charge in [-0.25, -0.2) is 9.67 Å². The quantitative estimate of drug-likeness (QED) is 0.840. The van der Waals surface area contributed by atoms with E-state index in [1.807, 2.05) is 22.6 Å². The summed E-state index contributed by atoms with van der Waals surface area (Å²) in [5.74, 6) is 2.95. The highest BCUT2D eigenvalue weighted by Crippen LogP contribution is 2.26. The van der Waals surface area contributed by atoms with Crippen LogP contribution < -0.4 is 4.74 Å². The summed E-state index contributed by atoms with van der Waals surface area (Å²) >= 11 is 0. The van der Waals surface area contributed by atoms with Crippen LogP contribution in [-0.2, 0) is 30.7 Å². The van der Waals surface area contributed by atoms with E-state index in [0.29, 0.717) is 13.1 Å². The lowest BCUT2D eigenvalue weighted by Gasteiger charge is -2.28. The number of hydrogen-bond donors (Lipinski definition) is 0. The van der Waals surface area contributed by atoms with Crippen LogP contribution in [0, 0.1) is 12.8 Å². The highest BCUT2D eigenvalue weighted by atomic mass is 16.5. The van der Waals surface area contributed by atoms with Gasteiger partial charge in [0.15, 0.2) is 0 Å². The molecule has 0 spiro atoms. The van der Waals surface area contributed by atoms with Crippen molar-refractivity contribution in [2.24, 2.45) is 5.92 Å². The number of nitrogens with zero attached hydrogens (tertiary/aromatic N) is 4. The van der Waals surface area contributed by atoms with E-state index in [1.165, 1.54) is 11.1 Å². The number of benzene rings is 1. The average molecular weight is 340 g/mol. The van der Waals surface area contributed by atoms with Crippen LogP contribution in [0.15, 0.2) is 18.2 Å². The number of aromatic nitrogens is 3. The first-order valence-corrected chi connectivity index (χ1v) is 8.99. The summed E-state index contributed by atoms with van der Waals surface area (Å²) in [6, 6.07) is 6.19. The van der Waals surface area contributed by atoms with Gasteiger partial charge in [-0.15, -0.1) is 0 Å². The molecule has 1 aromatic carbocycles. The van der Waals surface area contributed by atoms with Gasteiger partial charge in [0.2, 0.25) is 5.91 Å². The highest BCUT2D eigenvalue weighted by Gasteiger charge is 2.30. The van der Waals surface area contributed by atoms with Gasteiger partial charge < -0.3 is 9.64 Å². The Morgan fingerprint density at radius 2 is 2.16 bits per heavy atom. The highest BCUT2D eigenvalue weighted by molar-refractivity contribution is 5.79. The Balaban J connectivity index is 1.50. The van der Waals surface area contributed by atoms with Crippen molar-refractivity contribution in [3.8, 4) is 5.75 Å². The summed E-state index contributed by atoms with van der Waals surface area (Å²) in [6.07, 6.45) is 3.68. The van der Waals surface area contributed by atoms with Gasteiger partial charge >= 0.3 is 0 Å². The van der Waals surface area contributed by atoms with E-state index in [9.17, 15) is 4.79 Å². The number of rotatable bonds is 2. The smallest absolute Gasteiger partial charge is 0.227 e. The van der Waals surface area contributed by atoms with Crippen LogP contribution >= 0.6 is 0 Å². The van der Waals surface area contributed by atoms with Crippen LogP contribution in [0.1, 0.15) is 35.6 Å². The van der Waals surface area contributed by atoms with E-state index < -0.39 is 0 Å². The Labute approximate surface area is 147 Å². The summed E-state index contributed by atoms with van der Waals surface area (Å²) in [4.78, 5) is 19.6. The molecule has 0 unspecified atom stereocenters. The molecule has 0 saturated carbocycles. The van der Waals surface area contributed by atoms with Crippen LogP contribution in [0.3, 0.4) is 0 Å². The molecular weight excluding hydrogens is 316 g/mol. The number of carbonyl (C=O) groups is 1. The minimum atomic E-state index is 0.00778. The molecule has 1 atom stereocenters. The Morgan fingerprint density at radius 3 is 3.00 bits per heavy atom. The topological polar surface area (TPSA) is 60.2 Å². The number of hydrogen-bond acceptors (Lipinski definition) is 4. The van der Waals surface area contributed by atoms with Crippen molar-refractivity contribution in [1.29, 1.82) is 0 Å². The number of fused-ring (bicyclic) bond motifs is 2. The third kappa shape index (κ3) is 3.13. The van der Waals surface area contributed by atoms with E-state index in [4.69, 9.17) is 4.74 Å². The molecule has 0 fully saturated rings. The molecule has 1 amide bonds. The van der Waals surface area contributed by atoms with Crippen LogP contribution in [0.2, 0.25) is 0 Å². The van der Waals surface area contributed by atoms with Gasteiger partial charge in [-0.05, 0) is 49.4 Å². The van der Waals surface area contributed by atoms with Crippen LogP contribution in [0.25, 0.3) is 0 Å². The molecule has 0 N–H and O–H groups in total. The zero-order valence-electron chi connectivity index (χ0n) is 14.9. The number of methoxy groups -OCH3 is 1. The van der Waals surface area contributed by atoms with Gasteiger partial charge in [0, 0.05) is 19.5 Å². The fourth-order valence-electron chi connectivity index (χ4n) is 3.94. The number of aryl methyl sites for hydroxylation is 3. The molecule has 2 aliphatic rings. The number of carbonyl (C=O) groups excluding carboxylic acids is 1. The van der Waals surface area contributed by atoms with Crippen molar-refractivity contribution < 1.29 is 9.53 Å². The molecule has 2 aliphatic heterocycles. The van der Waals surface area contributed by atoms with Gasteiger partial charge in [-0.2, -0.15) is 5.10 Å². The summed E-state index contributed by atoms with van der Waals surface area (Å²) in [5.41, 5.74) is 2.53. The van der Waals surface area contributed by atoms with Gasteiger partial charge in [-0.1, -0.05) is 6.07 Å². The lowest BCUT2D eigenvalue weighted by atomic mass is 9.98. The maximum absolute atomic E-state index is 13.1.